The Labute approximate surface area is 188 Å². The van der Waals surface area contributed by atoms with E-state index < -0.39 is 0 Å². The van der Waals surface area contributed by atoms with Crippen LogP contribution in [0.4, 0.5) is 0 Å². The maximum atomic E-state index is 5.54. The Kier molecular flexibility index (Phi) is 5.41. The first-order valence-corrected chi connectivity index (χ1v) is 11.3. The molecule has 5 heteroatoms. The van der Waals surface area contributed by atoms with E-state index >= 15 is 0 Å². The van der Waals surface area contributed by atoms with Crippen LogP contribution in [-0.4, -0.2) is 10.8 Å². The van der Waals surface area contributed by atoms with Gasteiger partial charge in [-0.2, -0.15) is 5.10 Å². The van der Waals surface area contributed by atoms with Gasteiger partial charge in [0, 0.05) is 27.7 Å². The summed E-state index contributed by atoms with van der Waals surface area (Å²) in [4.78, 5) is 3.70. The fourth-order valence-corrected chi connectivity index (χ4v) is 4.82. The van der Waals surface area contributed by atoms with Crippen molar-refractivity contribution in [2.24, 2.45) is 16.8 Å². The molecule has 0 spiro atoms. The van der Waals surface area contributed by atoms with Crippen molar-refractivity contribution in [1.82, 2.24) is 10.4 Å². The van der Waals surface area contributed by atoms with Crippen molar-refractivity contribution >= 4 is 16.7 Å². The summed E-state index contributed by atoms with van der Waals surface area (Å²) in [5, 5.41) is 5.05. The van der Waals surface area contributed by atoms with Gasteiger partial charge in [-0.15, -0.1) is 0 Å². The van der Waals surface area contributed by atoms with Crippen molar-refractivity contribution in [3.05, 3.63) is 82.9 Å². The maximum absolute atomic E-state index is 5.54. The van der Waals surface area contributed by atoms with Crippen LogP contribution in [0.25, 0.3) is 33.3 Å². The molecule has 0 amide bonds. The van der Waals surface area contributed by atoms with Crippen LogP contribution in [0.3, 0.4) is 0 Å². The summed E-state index contributed by atoms with van der Waals surface area (Å²) in [6, 6.07) is 22.1. The van der Waals surface area contributed by atoms with Gasteiger partial charge >= 0.3 is 0 Å². The summed E-state index contributed by atoms with van der Waals surface area (Å²) in [5.41, 5.74) is 13.7. The molecule has 6 N–H and O–H groups in total. The minimum absolute atomic E-state index is 0.487. The van der Waals surface area contributed by atoms with Crippen molar-refractivity contribution in [1.29, 1.82) is 0 Å². The van der Waals surface area contributed by atoms with Crippen LogP contribution in [0.15, 0.2) is 65.8 Å². The average Bonchev–Trinajstić information content (AvgIpc) is 3.22. The van der Waals surface area contributed by atoms with Gasteiger partial charge in [0.15, 0.2) is 5.84 Å². The molecule has 0 saturated carbocycles. The lowest BCUT2D eigenvalue weighted by Gasteiger charge is -2.18. The molecule has 1 aliphatic rings. The molecule has 5 rings (SSSR count). The van der Waals surface area contributed by atoms with E-state index in [4.69, 9.17) is 11.7 Å². The molecule has 0 bridgehead atoms. The van der Waals surface area contributed by atoms with Gasteiger partial charge in [0.25, 0.3) is 0 Å². The number of amidine groups is 1. The average molecular weight is 424 g/mol. The van der Waals surface area contributed by atoms with Crippen molar-refractivity contribution < 1.29 is 0 Å². The van der Waals surface area contributed by atoms with Crippen molar-refractivity contribution in [3.63, 3.8) is 0 Å². The summed E-state index contributed by atoms with van der Waals surface area (Å²) < 4.78 is 0. The van der Waals surface area contributed by atoms with Gasteiger partial charge in [0.05, 0.1) is 0 Å². The fourth-order valence-electron chi connectivity index (χ4n) is 4.82. The predicted octanol–water partition coefficient (Wildman–Crippen LogP) is 5.03. The van der Waals surface area contributed by atoms with E-state index in [1.54, 1.807) is 0 Å². The van der Waals surface area contributed by atoms with Crippen LogP contribution in [0.5, 0.6) is 0 Å². The molecule has 0 saturated heterocycles. The predicted molar refractivity (Wildman–Crippen MR) is 133 cm³/mol. The number of unbranched alkanes of at least 4 members (excludes halogenated alkanes) is 1. The highest BCUT2D eigenvalue weighted by Gasteiger charge is 2.21. The number of nitrogens with zero attached hydrogens (tertiary/aromatic N) is 1. The SMILES string of the molecule is CCCCc1ccc(-c2ccc3c4c([nH]c3c2)-c2ccc(/C(=N/N)NN)cc2CC4)cc1. The van der Waals surface area contributed by atoms with Gasteiger partial charge < -0.3 is 16.3 Å². The number of hydrazine groups is 1. The third kappa shape index (κ3) is 3.55. The number of hydrogen-bond donors (Lipinski definition) is 4. The van der Waals surface area contributed by atoms with Gasteiger partial charge in [-0.1, -0.05) is 61.9 Å². The lowest BCUT2D eigenvalue weighted by Crippen LogP contribution is -2.32. The summed E-state index contributed by atoms with van der Waals surface area (Å²) in [7, 11) is 0. The zero-order chi connectivity index (χ0) is 22.1. The van der Waals surface area contributed by atoms with Crippen molar-refractivity contribution in [2.75, 3.05) is 0 Å². The van der Waals surface area contributed by atoms with E-state index in [0.717, 1.165) is 24.8 Å². The molecule has 0 fully saturated rings. The number of fused-ring (bicyclic) bond motifs is 5. The Balaban J connectivity index is 1.50. The number of hydrogen-bond acceptors (Lipinski definition) is 3. The molecule has 0 unspecified atom stereocenters. The highest BCUT2D eigenvalue weighted by atomic mass is 15.3. The molecule has 4 aromatic rings. The number of aromatic nitrogens is 1. The minimum atomic E-state index is 0.487. The second-order valence-electron chi connectivity index (χ2n) is 8.53. The molecule has 1 aliphatic carbocycles. The van der Waals surface area contributed by atoms with Crippen LogP contribution in [0.2, 0.25) is 0 Å². The van der Waals surface area contributed by atoms with Crippen molar-refractivity contribution in [3.8, 4) is 22.4 Å². The second-order valence-corrected chi connectivity index (χ2v) is 8.53. The number of aryl methyl sites for hydroxylation is 3. The monoisotopic (exact) mass is 423 g/mol. The van der Waals surface area contributed by atoms with E-state index in [0.29, 0.717) is 5.84 Å². The lowest BCUT2D eigenvalue weighted by molar-refractivity contribution is 0.795. The molecule has 0 aliphatic heterocycles. The number of hydrazone groups is 1. The zero-order valence-corrected chi connectivity index (χ0v) is 18.4. The zero-order valence-electron chi connectivity index (χ0n) is 18.4. The van der Waals surface area contributed by atoms with E-state index in [-0.39, 0.29) is 0 Å². The molecule has 32 heavy (non-hydrogen) atoms. The quantitative estimate of drug-likeness (QED) is 0.157. The van der Waals surface area contributed by atoms with Crippen LogP contribution < -0.4 is 17.1 Å². The van der Waals surface area contributed by atoms with Gasteiger partial charge in [0.1, 0.15) is 0 Å². The number of nitrogens with one attached hydrogen (secondary N) is 2. The highest BCUT2D eigenvalue weighted by Crippen LogP contribution is 2.39. The van der Waals surface area contributed by atoms with Gasteiger partial charge in [-0.05, 0) is 65.6 Å². The standard InChI is InChI=1S/C27H29N5/c1-2-3-4-17-5-7-18(8-6-17)19-9-13-23-24-14-10-20-15-21(27(31-28)32-29)11-12-22(20)26(24)30-25(23)16-19/h5-9,11-13,15-16,30H,2-4,10,14,28-29H2,1H3,(H,31,32). The molecule has 0 radical (unpaired) electrons. The fraction of sp³-hybridized carbons (Fsp3) is 0.222. The number of nitrogens with two attached hydrogens (primary N) is 2. The van der Waals surface area contributed by atoms with Gasteiger partial charge in [-0.3, -0.25) is 0 Å². The Morgan fingerprint density at radius 1 is 1.00 bits per heavy atom. The molecule has 5 nitrogen and oxygen atoms in total. The van der Waals surface area contributed by atoms with E-state index in [1.165, 1.54) is 62.8 Å². The first kappa shape index (κ1) is 20.3. The Morgan fingerprint density at radius 2 is 1.81 bits per heavy atom. The van der Waals surface area contributed by atoms with E-state index in [2.05, 4.69) is 77.0 Å². The topological polar surface area (TPSA) is 92.2 Å². The number of H-pyrrole nitrogens is 1. The smallest absolute Gasteiger partial charge is 0.166 e. The molecule has 0 atom stereocenters. The molecule has 1 aromatic heterocycles. The molecule has 1 heterocycles. The first-order valence-electron chi connectivity index (χ1n) is 11.3. The Hall–Kier alpha value is -3.57. The first-order chi connectivity index (χ1) is 15.7. The van der Waals surface area contributed by atoms with Crippen LogP contribution >= 0.6 is 0 Å². The van der Waals surface area contributed by atoms with Crippen molar-refractivity contribution in [2.45, 2.75) is 39.0 Å². The van der Waals surface area contributed by atoms with Crippen LogP contribution in [0, 0.1) is 0 Å². The third-order valence-electron chi connectivity index (χ3n) is 6.57. The lowest BCUT2D eigenvalue weighted by atomic mass is 9.87. The normalized spacial score (nSPS) is 13.1. The minimum Gasteiger partial charge on any atom is -0.354 e. The van der Waals surface area contributed by atoms with Crippen LogP contribution in [-0.2, 0) is 19.3 Å². The van der Waals surface area contributed by atoms with Crippen LogP contribution in [0.1, 0.15) is 42.0 Å². The van der Waals surface area contributed by atoms with Gasteiger partial charge in [-0.25, -0.2) is 5.84 Å². The summed E-state index contributed by atoms with van der Waals surface area (Å²) in [6.45, 7) is 2.24. The highest BCUT2D eigenvalue weighted by molar-refractivity contribution is 6.00. The molecular weight excluding hydrogens is 394 g/mol. The molecular formula is C27H29N5. The molecule has 3 aromatic carbocycles. The molecule has 162 valence electrons. The van der Waals surface area contributed by atoms with Gasteiger partial charge in [0.2, 0.25) is 0 Å². The third-order valence-corrected chi connectivity index (χ3v) is 6.57. The second kappa shape index (κ2) is 8.52. The Morgan fingerprint density at radius 3 is 2.56 bits per heavy atom. The summed E-state index contributed by atoms with van der Waals surface area (Å²) in [6.07, 6.45) is 5.60. The maximum Gasteiger partial charge on any atom is 0.166 e. The number of rotatable bonds is 5. The van der Waals surface area contributed by atoms with E-state index in [9.17, 15) is 0 Å². The summed E-state index contributed by atoms with van der Waals surface area (Å²) in [5.74, 6) is 11.5. The Bertz CT molecular complexity index is 1300. The van der Waals surface area contributed by atoms with E-state index in [1.807, 2.05) is 6.07 Å². The summed E-state index contributed by atoms with van der Waals surface area (Å²) >= 11 is 0. The largest absolute Gasteiger partial charge is 0.354 e. The number of aromatic amines is 1. The number of benzene rings is 3.